The zero-order valence-electron chi connectivity index (χ0n) is 29.4. The van der Waals surface area contributed by atoms with Crippen molar-refractivity contribution in [2.75, 3.05) is 55.4 Å². The molecule has 0 spiro atoms. The van der Waals surface area contributed by atoms with Gasteiger partial charge >= 0.3 is 0 Å². The molecule has 7 nitrogen and oxygen atoms in total. The predicted molar refractivity (Wildman–Crippen MR) is 189 cm³/mol. The summed E-state index contributed by atoms with van der Waals surface area (Å²) in [6.07, 6.45) is 4.66. The van der Waals surface area contributed by atoms with E-state index in [2.05, 4.69) is 89.2 Å². The van der Waals surface area contributed by atoms with Crippen LogP contribution in [0.4, 0.5) is 17.1 Å². The summed E-state index contributed by atoms with van der Waals surface area (Å²) in [5.41, 5.74) is 5.43. The third kappa shape index (κ3) is 19.9. The van der Waals surface area contributed by atoms with Crippen molar-refractivity contribution in [3.63, 3.8) is 0 Å². The molecular formula is C36H59N5O2Y-2. The molecule has 2 rings (SSSR count). The van der Waals surface area contributed by atoms with Gasteiger partial charge in [-0.05, 0) is 54.9 Å². The maximum absolute atomic E-state index is 10.8. The van der Waals surface area contributed by atoms with Crippen molar-refractivity contribution in [2.45, 2.75) is 74.7 Å². The molecule has 0 saturated heterocycles. The molecular weight excluding hydrogens is 623 g/mol. The van der Waals surface area contributed by atoms with E-state index in [4.69, 9.17) is 0 Å². The van der Waals surface area contributed by atoms with Crippen LogP contribution in [0.5, 0.6) is 0 Å². The van der Waals surface area contributed by atoms with Crippen molar-refractivity contribution in [3.05, 3.63) is 76.5 Å². The van der Waals surface area contributed by atoms with Crippen LogP contribution in [0.25, 0.3) is 10.6 Å². The molecule has 44 heavy (non-hydrogen) atoms. The third-order valence-electron chi connectivity index (χ3n) is 6.37. The number of likely N-dealkylation sites (N-methyl/N-ethyl adjacent to an activating group) is 1. The van der Waals surface area contributed by atoms with Crippen LogP contribution in [-0.2, 0) is 42.3 Å². The Morgan fingerprint density at radius 3 is 1.98 bits per heavy atom. The van der Waals surface area contributed by atoms with Gasteiger partial charge in [-0.25, -0.2) is 0 Å². The number of hydrogen-bond donors (Lipinski definition) is 1. The SMILES string of the molecule is CC(C)CC(C)c1ccccc1N(C)C=O.CC(C)CN(C)c1ccccc1NC=O.CC[N-]C/C(C)=C\[N-]CC(C)C.[Y]. The molecule has 2 aromatic carbocycles. The minimum absolute atomic E-state index is 0. The van der Waals surface area contributed by atoms with E-state index < -0.39 is 0 Å². The molecule has 0 aliphatic carbocycles. The number of nitrogens with one attached hydrogen (secondary N) is 1. The molecule has 0 heterocycles. The predicted octanol–water partition coefficient (Wildman–Crippen LogP) is 9.09. The molecule has 2 amide bonds. The standard InChI is InChI=1S/C14H21NO.C12H18N2O.C10H20N2.Y/c1-11(2)9-12(3)13-7-5-6-8-14(13)15(4)10-16;1-10(2)8-14(3)12-7-5-4-6-11(12)13-9-15;1-5-11-7-10(4)8-12-6-9(2)3;/h5-8,10-12H,9H2,1-4H3;4-7,9-10H,8H2,1-3H3,(H,13,15);8-9H,5-7H2,1-4H3;/q;;-2;/b;;10-8-;. The van der Waals surface area contributed by atoms with Crippen LogP contribution in [0.2, 0.25) is 0 Å². The van der Waals surface area contributed by atoms with E-state index in [-0.39, 0.29) is 32.7 Å². The molecule has 1 atom stereocenters. The normalized spacial score (nSPS) is 11.4. The smallest absolute Gasteiger partial charge is 0.213 e. The zero-order valence-corrected chi connectivity index (χ0v) is 32.2. The Balaban J connectivity index is 0. The second-order valence-corrected chi connectivity index (χ2v) is 12.3. The summed E-state index contributed by atoms with van der Waals surface area (Å²) in [7, 11) is 3.83. The molecule has 0 aliphatic heterocycles. The summed E-state index contributed by atoms with van der Waals surface area (Å²) in [5, 5.41) is 11.3. The van der Waals surface area contributed by atoms with Gasteiger partial charge in [0.15, 0.2) is 0 Å². The average molecular weight is 683 g/mol. The molecule has 8 heteroatoms. The van der Waals surface area contributed by atoms with Crippen molar-refractivity contribution in [2.24, 2.45) is 17.8 Å². The van der Waals surface area contributed by atoms with Crippen LogP contribution in [0.3, 0.4) is 0 Å². The number of anilines is 3. The largest absolute Gasteiger partial charge is 0.690 e. The van der Waals surface area contributed by atoms with Crippen LogP contribution in [0.15, 0.2) is 60.3 Å². The monoisotopic (exact) mass is 682 g/mol. The minimum Gasteiger partial charge on any atom is -0.690 e. The van der Waals surface area contributed by atoms with Crippen molar-refractivity contribution in [1.29, 1.82) is 0 Å². The van der Waals surface area contributed by atoms with Gasteiger partial charge in [0, 0.05) is 59.0 Å². The van der Waals surface area contributed by atoms with E-state index in [0.29, 0.717) is 30.1 Å². The molecule has 0 aromatic heterocycles. The summed E-state index contributed by atoms with van der Waals surface area (Å²) in [5.74, 6) is 2.40. The van der Waals surface area contributed by atoms with Crippen molar-refractivity contribution < 1.29 is 42.3 Å². The maximum Gasteiger partial charge on any atom is 0.213 e. The first kappa shape index (κ1) is 43.9. The molecule has 1 N–H and O–H groups in total. The number of amides is 2. The molecule has 0 fully saturated rings. The first-order valence-corrected chi connectivity index (χ1v) is 15.6. The van der Waals surface area contributed by atoms with Gasteiger partial charge in [-0.2, -0.15) is 12.7 Å². The number of para-hydroxylation sites is 3. The first-order chi connectivity index (χ1) is 20.4. The fourth-order valence-corrected chi connectivity index (χ4v) is 4.50. The molecule has 0 aliphatic rings. The molecule has 1 unspecified atom stereocenters. The number of carbonyl (C=O) groups excluding carboxylic acids is 2. The number of benzene rings is 2. The summed E-state index contributed by atoms with van der Waals surface area (Å²) in [6, 6.07) is 15.9. The van der Waals surface area contributed by atoms with Gasteiger partial charge in [0.2, 0.25) is 12.8 Å². The van der Waals surface area contributed by atoms with Gasteiger partial charge in [-0.15, -0.1) is 18.7 Å². The van der Waals surface area contributed by atoms with Crippen LogP contribution in [0, 0.1) is 17.8 Å². The number of hydrogen-bond acceptors (Lipinski definition) is 3. The summed E-state index contributed by atoms with van der Waals surface area (Å²) in [4.78, 5) is 25.1. The second-order valence-electron chi connectivity index (χ2n) is 12.3. The Morgan fingerprint density at radius 2 is 1.45 bits per heavy atom. The number of nitrogens with zero attached hydrogens (tertiary/aromatic N) is 4. The first-order valence-electron chi connectivity index (χ1n) is 15.6. The zero-order chi connectivity index (χ0) is 32.8. The quantitative estimate of drug-likeness (QED) is 0.180. The Bertz CT molecular complexity index is 1060. The topological polar surface area (TPSA) is 80.8 Å². The van der Waals surface area contributed by atoms with E-state index in [1.165, 1.54) is 11.1 Å². The Kier molecular flexibility index (Phi) is 26.0. The Labute approximate surface area is 294 Å². The summed E-state index contributed by atoms with van der Waals surface area (Å²) in [6.45, 7) is 23.1. The minimum atomic E-state index is 0. The molecule has 0 bridgehead atoms. The van der Waals surface area contributed by atoms with Gasteiger partial charge in [0.1, 0.15) is 0 Å². The van der Waals surface area contributed by atoms with Gasteiger partial charge < -0.3 is 25.8 Å². The van der Waals surface area contributed by atoms with Crippen molar-refractivity contribution >= 4 is 29.9 Å². The molecule has 1 radical (unpaired) electrons. The Hall–Kier alpha value is -2.22. The second kappa shape index (κ2) is 26.0. The summed E-state index contributed by atoms with van der Waals surface area (Å²) < 4.78 is 0. The van der Waals surface area contributed by atoms with Crippen LogP contribution < -0.4 is 15.1 Å². The van der Waals surface area contributed by atoms with Gasteiger partial charge in [0.25, 0.3) is 0 Å². The van der Waals surface area contributed by atoms with Crippen molar-refractivity contribution in [3.8, 4) is 0 Å². The fraction of sp³-hybridized carbons (Fsp3) is 0.556. The van der Waals surface area contributed by atoms with Crippen LogP contribution in [0.1, 0.15) is 80.2 Å². The van der Waals surface area contributed by atoms with Gasteiger partial charge in [0.05, 0.1) is 11.4 Å². The van der Waals surface area contributed by atoms with E-state index in [0.717, 1.165) is 56.1 Å². The van der Waals surface area contributed by atoms with Gasteiger partial charge in [-0.1, -0.05) is 91.6 Å². The third-order valence-corrected chi connectivity index (χ3v) is 6.37. The summed E-state index contributed by atoms with van der Waals surface area (Å²) >= 11 is 0. The molecule has 0 saturated carbocycles. The van der Waals surface area contributed by atoms with E-state index in [9.17, 15) is 9.59 Å². The number of carbonyl (C=O) groups is 2. The maximum atomic E-state index is 10.8. The van der Waals surface area contributed by atoms with Gasteiger partial charge in [-0.3, -0.25) is 9.59 Å². The van der Waals surface area contributed by atoms with Crippen LogP contribution >= 0.6 is 0 Å². The van der Waals surface area contributed by atoms with Crippen molar-refractivity contribution in [1.82, 2.24) is 0 Å². The average Bonchev–Trinajstić information content (AvgIpc) is 2.96. The Morgan fingerprint density at radius 1 is 0.864 bits per heavy atom. The van der Waals surface area contributed by atoms with E-state index in [1.54, 1.807) is 11.9 Å². The molecule has 2 aromatic rings. The molecule has 245 valence electrons. The van der Waals surface area contributed by atoms with Crippen LogP contribution in [-0.4, -0.2) is 53.1 Å². The number of rotatable bonds is 16. The van der Waals surface area contributed by atoms with E-state index in [1.807, 2.05) is 55.7 Å². The fourth-order valence-electron chi connectivity index (χ4n) is 4.50. The van der Waals surface area contributed by atoms with E-state index >= 15 is 0 Å².